The Hall–Kier alpha value is -0.343. The largest absolute Gasteiger partial charge is 0.413 e. The molecule has 2 heteroatoms. The van der Waals surface area contributed by atoms with Gasteiger partial charge in [-0.25, -0.2) is 0 Å². The molecule has 0 amide bonds. The van der Waals surface area contributed by atoms with Gasteiger partial charge in [0.25, 0.3) is 0 Å². The number of allylic oxidation sites excluding steroid dienone is 4. The van der Waals surface area contributed by atoms with E-state index < -0.39 is 8.32 Å². The molecule has 0 aliphatic heterocycles. The molecule has 0 heterocycles. The lowest BCUT2D eigenvalue weighted by atomic mass is 10.2. The number of rotatable bonds is 5. The number of hydrogen-bond acceptors (Lipinski definition) is 1. The zero-order valence-corrected chi connectivity index (χ0v) is 12.5. The molecular weight excluding hydrogens is 212 g/mol. The van der Waals surface area contributed by atoms with Crippen molar-refractivity contribution in [1.82, 2.24) is 0 Å². The first-order valence-corrected chi connectivity index (χ1v) is 9.46. The normalized spacial score (nSPS) is 16.7. The van der Waals surface area contributed by atoms with Crippen molar-refractivity contribution in [3.63, 3.8) is 0 Å². The Morgan fingerprint density at radius 2 is 2.00 bits per heavy atom. The Kier molecular flexibility index (Phi) is 4.57. The van der Waals surface area contributed by atoms with Crippen LogP contribution < -0.4 is 0 Å². The standard InChI is InChI=1S/C14H26OSi/c1-14(2,3)15-16(4,5)12-8-11-13-9-6-7-10-13/h6,9-10H,7-8,11-12H2,1-5H3. The van der Waals surface area contributed by atoms with Crippen LogP contribution >= 0.6 is 0 Å². The maximum Gasteiger partial charge on any atom is 0.187 e. The van der Waals surface area contributed by atoms with Crippen LogP contribution in [0.2, 0.25) is 19.1 Å². The van der Waals surface area contributed by atoms with E-state index in [1.165, 1.54) is 24.5 Å². The Bertz CT molecular complexity index is 282. The predicted octanol–water partition coefficient (Wildman–Crippen LogP) is 4.67. The molecule has 0 N–H and O–H groups in total. The van der Waals surface area contributed by atoms with Crippen molar-refractivity contribution in [3.05, 3.63) is 23.8 Å². The molecule has 0 unspecified atom stereocenters. The van der Waals surface area contributed by atoms with Crippen molar-refractivity contribution in [3.8, 4) is 0 Å². The van der Waals surface area contributed by atoms with Crippen LogP contribution in [0.5, 0.6) is 0 Å². The van der Waals surface area contributed by atoms with Gasteiger partial charge in [0.05, 0.1) is 0 Å². The van der Waals surface area contributed by atoms with E-state index in [4.69, 9.17) is 4.43 Å². The van der Waals surface area contributed by atoms with Crippen molar-refractivity contribution >= 4 is 8.32 Å². The van der Waals surface area contributed by atoms with Crippen molar-refractivity contribution in [2.75, 3.05) is 0 Å². The topological polar surface area (TPSA) is 9.23 Å². The molecule has 1 aliphatic rings. The minimum absolute atomic E-state index is 0.0161. The minimum Gasteiger partial charge on any atom is -0.413 e. The first kappa shape index (κ1) is 13.7. The van der Waals surface area contributed by atoms with E-state index in [0.717, 1.165) is 6.42 Å². The van der Waals surface area contributed by atoms with Crippen LogP contribution in [0.15, 0.2) is 23.8 Å². The Morgan fingerprint density at radius 3 is 2.50 bits per heavy atom. The molecule has 1 rings (SSSR count). The minimum atomic E-state index is -1.46. The van der Waals surface area contributed by atoms with Crippen LogP contribution in [0.3, 0.4) is 0 Å². The van der Waals surface area contributed by atoms with Crippen LogP contribution in [0, 0.1) is 0 Å². The summed E-state index contributed by atoms with van der Waals surface area (Å²) < 4.78 is 6.19. The zero-order chi connectivity index (χ0) is 12.2. The molecule has 0 saturated carbocycles. The molecule has 0 atom stereocenters. The van der Waals surface area contributed by atoms with E-state index in [1.807, 2.05) is 0 Å². The van der Waals surface area contributed by atoms with Crippen LogP contribution in [-0.2, 0) is 4.43 Å². The summed E-state index contributed by atoms with van der Waals surface area (Å²) in [5.74, 6) is 0. The predicted molar refractivity (Wildman–Crippen MR) is 74.2 cm³/mol. The average molecular weight is 238 g/mol. The van der Waals surface area contributed by atoms with Gasteiger partial charge in [-0.1, -0.05) is 23.8 Å². The summed E-state index contributed by atoms with van der Waals surface area (Å²) in [6, 6.07) is 1.26. The molecule has 0 spiro atoms. The zero-order valence-electron chi connectivity index (χ0n) is 11.5. The van der Waals surface area contributed by atoms with Crippen molar-refractivity contribution in [2.24, 2.45) is 0 Å². The summed E-state index contributed by atoms with van der Waals surface area (Å²) in [5.41, 5.74) is 1.53. The molecule has 1 nitrogen and oxygen atoms in total. The van der Waals surface area contributed by atoms with E-state index in [-0.39, 0.29) is 5.60 Å². The quantitative estimate of drug-likeness (QED) is 0.632. The number of hydrogen-bond donors (Lipinski definition) is 0. The third-order valence-electron chi connectivity index (χ3n) is 2.67. The average Bonchev–Trinajstić information content (AvgIpc) is 2.51. The maximum absolute atomic E-state index is 6.19. The van der Waals surface area contributed by atoms with Gasteiger partial charge in [-0.3, -0.25) is 0 Å². The molecule has 0 aromatic heterocycles. The Balaban J connectivity index is 2.27. The third kappa shape index (κ3) is 5.66. The molecule has 16 heavy (non-hydrogen) atoms. The monoisotopic (exact) mass is 238 g/mol. The molecule has 0 fully saturated rings. The fraction of sp³-hybridized carbons (Fsp3) is 0.714. The van der Waals surface area contributed by atoms with Gasteiger partial charge in [0.2, 0.25) is 0 Å². The fourth-order valence-electron chi connectivity index (χ4n) is 2.29. The summed E-state index contributed by atoms with van der Waals surface area (Å²) in [6.07, 6.45) is 10.5. The van der Waals surface area contributed by atoms with Gasteiger partial charge < -0.3 is 4.43 Å². The fourth-order valence-corrected chi connectivity index (χ4v) is 5.08. The summed E-state index contributed by atoms with van der Waals surface area (Å²) in [7, 11) is -1.46. The van der Waals surface area contributed by atoms with E-state index in [1.54, 1.807) is 0 Å². The van der Waals surface area contributed by atoms with E-state index in [0.29, 0.717) is 0 Å². The SMILES string of the molecule is CC(C)(C)O[Si](C)(C)CCCC1=CCC=C1. The molecule has 0 radical (unpaired) electrons. The maximum atomic E-state index is 6.19. The van der Waals surface area contributed by atoms with E-state index in [2.05, 4.69) is 52.1 Å². The molecule has 0 bridgehead atoms. The second-order valence-corrected chi connectivity index (χ2v) is 10.5. The van der Waals surface area contributed by atoms with Crippen LogP contribution in [0.25, 0.3) is 0 Å². The second kappa shape index (κ2) is 5.33. The van der Waals surface area contributed by atoms with Crippen molar-refractivity contribution in [2.45, 2.75) is 64.8 Å². The lowest BCUT2D eigenvalue weighted by molar-refractivity contribution is 0.120. The summed E-state index contributed by atoms with van der Waals surface area (Å²) in [6.45, 7) is 11.1. The van der Waals surface area contributed by atoms with Gasteiger partial charge in [0.15, 0.2) is 8.32 Å². The highest BCUT2D eigenvalue weighted by Crippen LogP contribution is 2.24. The third-order valence-corrected chi connectivity index (χ3v) is 5.40. The van der Waals surface area contributed by atoms with Gasteiger partial charge in [0, 0.05) is 5.60 Å². The highest BCUT2D eigenvalue weighted by molar-refractivity contribution is 6.71. The van der Waals surface area contributed by atoms with Crippen molar-refractivity contribution < 1.29 is 4.43 Å². The van der Waals surface area contributed by atoms with Crippen LogP contribution in [0.1, 0.15) is 40.0 Å². The van der Waals surface area contributed by atoms with Crippen LogP contribution in [-0.4, -0.2) is 13.9 Å². The second-order valence-electron chi connectivity index (χ2n) is 6.24. The molecular formula is C14H26OSi. The lowest BCUT2D eigenvalue weighted by Crippen LogP contribution is -2.38. The van der Waals surface area contributed by atoms with Gasteiger partial charge in [-0.2, -0.15) is 0 Å². The van der Waals surface area contributed by atoms with Gasteiger partial charge in [0.1, 0.15) is 0 Å². The molecule has 0 saturated heterocycles. The summed E-state index contributed by atoms with van der Waals surface area (Å²) in [4.78, 5) is 0. The Labute approximate surface area is 102 Å². The molecule has 1 aliphatic carbocycles. The first-order valence-electron chi connectivity index (χ1n) is 6.34. The molecule has 92 valence electrons. The first-order chi connectivity index (χ1) is 7.29. The van der Waals surface area contributed by atoms with Crippen LogP contribution in [0.4, 0.5) is 0 Å². The van der Waals surface area contributed by atoms with E-state index in [9.17, 15) is 0 Å². The highest BCUT2D eigenvalue weighted by Gasteiger charge is 2.27. The van der Waals surface area contributed by atoms with E-state index >= 15 is 0 Å². The smallest absolute Gasteiger partial charge is 0.187 e. The highest BCUT2D eigenvalue weighted by atomic mass is 28.4. The van der Waals surface area contributed by atoms with Crippen molar-refractivity contribution in [1.29, 1.82) is 0 Å². The molecule has 0 aromatic rings. The summed E-state index contributed by atoms with van der Waals surface area (Å²) in [5, 5.41) is 0. The summed E-state index contributed by atoms with van der Waals surface area (Å²) >= 11 is 0. The van der Waals surface area contributed by atoms with Gasteiger partial charge >= 0.3 is 0 Å². The Morgan fingerprint density at radius 1 is 1.31 bits per heavy atom. The van der Waals surface area contributed by atoms with Gasteiger partial charge in [-0.15, -0.1) is 0 Å². The van der Waals surface area contributed by atoms with Gasteiger partial charge in [-0.05, 0) is 59.2 Å². The molecule has 0 aromatic carbocycles. The lowest BCUT2D eigenvalue weighted by Gasteiger charge is -2.32.